The molecule has 2 aromatic carbocycles. The number of H-pyrrole nitrogens is 2. The average molecular weight is 769 g/mol. The minimum Gasteiger partial charge on any atom is -0.453 e. The Hall–Kier alpha value is -6.18. The van der Waals surface area contributed by atoms with Crippen molar-refractivity contribution in [3.63, 3.8) is 0 Å². The SMILES string of the molecule is COC(=O)N[C@H](C(=O)N1CCC[C@H]1c1ncc(-c2ccc(C#Cc3ccc(-c4cnc([C@H](C)NC(=O)[C@@H](NC(=O)OC)[C@@H](C)OC)[nH]4)cc3)cc2)[nH]1)C(C)OC. The highest BCUT2D eigenvalue weighted by Gasteiger charge is 2.38. The number of hydrogen-bond donors (Lipinski definition) is 5. The van der Waals surface area contributed by atoms with Crippen molar-refractivity contribution in [3.05, 3.63) is 83.7 Å². The fourth-order valence-electron chi connectivity index (χ4n) is 6.25. The highest BCUT2D eigenvalue weighted by Crippen LogP contribution is 2.32. The third-order valence-electron chi connectivity index (χ3n) is 9.70. The molecule has 5 N–H and O–H groups in total. The summed E-state index contributed by atoms with van der Waals surface area (Å²) in [4.78, 5) is 67.7. The van der Waals surface area contributed by atoms with E-state index in [2.05, 4.69) is 52.5 Å². The zero-order valence-corrected chi connectivity index (χ0v) is 32.5. The molecule has 6 atom stereocenters. The third kappa shape index (κ3) is 9.92. The summed E-state index contributed by atoms with van der Waals surface area (Å²) < 4.78 is 20.0. The molecule has 0 bridgehead atoms. The Morgan fingerprint density at radius 3 is 1.80 bits per heavy atom. The van der Waals surface area contributed by atoms with Crippen LogP contribution in [0.2, 0.25) is 0 Å². The van der Waals surface area contributed by atoms with Crippen LogP contribution in [-0.4, -0.2) is 108 Å². The van der Waals surface area contributed by atoms with Crippen molar-refractivity contribution in [1.82, 2.24) is 40.8 Å². The number of carbonyl (C=O) groups is 4. The number of methoxy groups -OCH3 is 4. The van der Waals surface area contributed by atoms with Crippen molar-refractivity contribution >= 4 is 24.0 Å². The van der Waals surface area contributed by atoms with Crippen LogP contribution in [0.15, 0.2) is 60.9 Å². The van der Waals surface area contributed by atoms with Gasteiger partial charge in [0.05, 0.1) is 62.3 Å². The number of likely N-dealkylation sites (tertiary alicyclic amines) is 1. The van der Waals surface area contributed by atoms with E-state index in [1.165, 1.54) is 28.4 Å². The van der Waals surface area contributed by atoms with Crippen LogP contribution in [0.4, 0.5) is 9.59 Å². The number of carbonyl (C=O) groups excluding carboxylic acids is 4. The van der Waals surface area contributed by atoms with Gasteiger partial charge in [-0.3, -0.25) is 9.59 Å². The van der Waals surface area contributed by atoms with Crippen LogP contribution in [0.5, 0.6) is 0 Å². The number of aromatic amines is 2. The van der Waals surface area contributed by atoms with E-state index in [4.69, 9.17) is 14.2 Å². The Labute approximate surface area is 325 Å². The van der Waals surface area contributed by atoms with Crippen LogP contribution in [-0.2, 0) is 28.5 Å². The fraction of sp³-hybridized carbons (Fsp3) is 0.400. The van der Waals surface area contributed by atoms with Crippen molar-refractivity contribution in [2.75, 3.05) is 35.0 Å². The lowest BCUT2D eigenvalue weighted by Gasteiger charge is -2.30. The number of alkyl carbamates (subject to hydrolysis) is 2. The molecule has 16 nitrogen and oxygen atoms in total. The molecule has 1 fully saturated rings. The number of benzene rings is 2. The highest BCUT2D eigenvalue weighted by atomic mass is 16.5. The van der Waals surface area contributed by atoms with E-state index in [1.807, 2.05) is 48.5 Å². The van der Waals surface area contributed by atoms with Crippen molar-refractivity contribution in [2.24, 2.45) is 0 Å². The molecule has 1 saturated heterocycles. The van der Waals surface area contributed by atoms with E-state index in [0.29, 0.717) is 18.2 Å². The first-order valence-corrected chi connectivity index (χ1v) is 18.1. The first-order valence-electron chi connectivity index (χ1n) is 18.1. The zero-order chi connectivity index (χ0) is 40.4. The molecule has 1 unspecified atom stereocenters. The molecule has 4 aromatic rings. The second-order valence-corrected chi connectivity index (χ2v) is 13.3. The topological polar surface area (TPSA) is 202 Å². The summed E-state index contributed by atoms with van der Waals surface area (Å²) >= 11 is 0. The first kappa shape index (κ1) is 41.0. The maximum Gasteiger partial charge on any atom is 0.407 e. The standard InChI is InChI=1S/C40H48N8O8/c1-23(43-37(49)33(24(2)53-4)46-39(51)55-6)35-41-21-30(44-35)28-16-12-26(13-17-28)10-11-27-14-18-29(19-15-27)31-22-42-36(45-31)32-9-8-20-48(32)38(50)34(25(3)54-5)47-40(52)56-7/h12-19,21-25,32-34H,8-9,20H2,1-7H3,(H,41,44)(H,42,45)(H,43,49)(H,46,51)(H,47,52)/t23-,24+,25?,32-,33-,34-/m0/s1. The van der Waals surface area contributed by atoms with Gasteiger partial charge in [0.15, 0.2) is 0 Å². The van der Waals surface area contributed by atoms with Crippen LogP contribution < -0.4 is 16.0 Å². The number of ether oxygens (including phenoxy) is 4. The molecule has 4 amide bonds. The maximum absolute atomic E-state index is 13.6. The summed E-state index contributed by atoms with van der Waals surface area (Å²) in [6.07, 6.45) is 2.39. The summed E-state index contributed by atoms with van der Waals surface area (Å²) in [6.45, 7) is 5.71. The second kappa shape index (κ2) is 18.9. The molecule has 56 heavy (non-hydrogen) atoms. The van der Waals surface area contributed by atoms with Crippen molar-refractivity contribution in [2.45, 2.75) is 70.0 Å². The molecule has 16 heteroatoms. The van der Waals surface area contributed by atoms with Gasteiger partial charge in [0, 0.05) is 31.9 Å². The molecule has 1 aliphatic heterocycles. The van der Waals surface area contributed by atoms with Crippen molar-refractivity contribution in [1.29, 1.82) is 0 Å². The molecule has 0 saturated carbocycles. The van der Waals surface area contributed by atoms with E-state index < -0.39 is 48.4 Å². The zero-order valence-electron chi connectivity index (χ0n) is 32.5. The summed E-state index contributed by atoms with van der Waals surface area (Å²) in [6, 6.07) is 12.9. The number of nitrogens with one attached hydrogen (secondary N) is 5. The van der Waals surface area contributed by atoms with E-state index in [-0.39, 0.29) is 11.9 Å². The molecular weight excluding hydrogens is 720 g/mol. The highest BCUT2D eigenvalue weighted by molar-refractivity contribution is 5.87. The number of amides is 4. The normalized spacial score (nSPS) is 16.3. The second-order valence-electron chi connectivity index (χ2n) is 13.3. The number of imidazole rings is 2. The molecule has 0 radical (unpaired) electrons. The Balaban J connectivity index is 1.19. The third-order valence-corrected chi connectivity index (χ3v) is 9.70. The Morgan fingerprint density at radius 2 is 1.25 bits per heavy atom. The average Bonchev–Trinajstić information content (AvgIpc) is 4.02. The summed E-state index contributed by atoms with van der Waals surface area (Å²) in [5.74, 6) is 6.93. The quantitative estimate of drug-likeness (QED) is 0.123. The van der Waals surface area contributed by atoms with Gasteiger partial charge in [-0.15, -0.1) is 0 Å². The van der Waals surface area contributed by atoms with E-state index in [1.54, 1.807) is 38.1 Å². The molecule has 3 heterocycles. The maximum atomic E-state index is 13.6. The minimum absolute atomic E-state index is 0.259. The lowest BCUT2D eigenvalue weighted by atomic mass is 10.1. The van der Waals surface area contributed by atoms with Gasteiger partial charge in [-0.1, -0.05) is 36.1 Å². The van der Waals surface area contributed by atoms with Crippen LogP contribution >= 0.6 is 0 Å². The predicted molar refractivity (Wildman–Crippen MR) is 206 cm³/mol. The van der Waals surface area contributed by atoms with Gasteiger partial charge in [0.25, 0.3) is 0 Å². The molecule has 2 aromatic heterocycles. The Bertz CT molecular complexity index is 2030. The van der Waals surface area contributed by atoms with E-state index in [9.17, 15) is 19.2 Å². The molecule has 296 valence electrons. The van der Waals surface area contributed by atoms with Gasteiger partial charge in [-0.25, -0.2) is 19.6 Å². The Morgan fingerprint density at radius 1 is 0.732 bits per heavy atom. The van der Waals surface area contributed by atoms with Crippen molar-refractivity contribution < 1.29 is 38.1 Å². The molecular formula is C40H48N8O8. The molecule has 5 rings (SSSR count). The van der Waals surface area contributed by atoms with Gasteiger partial charge < -0.3 is 49.8 Å². The fourth-order valence-corrected chi connectivity index (χ4v) is 6.25. The number of aromatic nitrogens is 4. The molecule has 1 aliphatic rings. The van der Waals surface area contributed by atoms with Crippen LogP contribution in [0, 0.1) is 11.8 Å². The van der Waals surface area contributed by atoms with E-state index >= 15 is 0 Å². The van der Waals surface area contributed by atoms with Gasteiger partial charge in [-0.2, -0.15) is 0 Å². The monoisotopic (exact) mass is 768 g/mol. The van der Waals surface area contributed by atoms with Gasteiger partial charge in [-0.05, 0) is 69.0 Å². The lowest BCUT2D eigenvalue weighted by molar-refractivity contribution is -0.137. The number of hydrogen-bond acceptors (Lipinski definition) is 10. The molecule has 0 aliphatic carbocycles. The minimum atomic E-state index is -0.960. The van der Waals surface area contributed by atoms with Crippen LogP contribution in [0.25, 0.3) is 22.5 Å². The van der Waals surface area contributed by atoms with Crippen LogP contribution in [0.3, 0.4) is 0 Å². The summed E-state index contributed by atoms with van der Waals surface area (Å²) in [5, 5.41) is 7.96. The van der Waals surface area contributed by atoms with Crippen molar-refractivity contribution in [3.8, 4) is 34.4 Å². The van der Waals surface area contributed by atoms with Crippen LogP contribution in [0.1, 0.15) is 68.5 Å². The summed E-state index contributed by atoms with van der Waals surface area (Å²) in [7, 11) is 5.41. The van der Waals surface area contributed by atoms with E-state index in [0.717, 1.165) is 46.5 Å². The Kier molecular flexibility index (Phi) is 13.8. The van der Waals surface area contributed by atoms with Gasteiger partial charge in [0.2, 0.25) is 11.8 Å². The predicted octanol–water partition coefficient (Wildman–Crippen LogP) is 4.23. The first-order chi connectivity index (χ1) is 27.0. The smallest absolute Gasteiger partial charge is 0.407 e. The lowest BCUT2D eigenvalue weighted by Crippen LogP contribution is -2.54. The van der Waals surface area contributed by atoms with Gasteiger partial charge in [0.1, 0.15) is 23.7 Å². The number of nitrogens with zero attached hydrogens (tertiary/aromatic N) is 3. The van der Waals surface area contributed by atoms with Gasteiger partial charge >= 0.3 is 12.2 Å². The summed E-state index contributed by atoms with van der Waals surface area (Å²) in [5.41, 5.74) is 5.04. The largest absolute Gasteiger partial charge is 0.453 e. The molecule has 0 spiro atoms. The number of rotatable bonds is 13.